The Labute approximate surface area is 181 Å². The SMILES string of the molecule is Cc1ccc(NC(=O)Nc2ccc(Nc3cc(C)nc(N4CCOCC4)n3)cc2)cc1. The topological polar surface area (TPSA) is 91.4 Å². The highest BCUT2D eigenvalue weighted by atomic mass is 16.5. The average Bonchev–Trinajstić information content (AvgIpc) is 2.77. The largest absolute Gasteiger partial charge is 0.378 e. The number of carbonyl (C=O) groups is 1. The fraction of sp³-hybridized carbons (Fsp3) is 0.261. The summed E-state index contributed by atoms with van der Waals surface area (Å²) in [6.07, 6.45) is 0. The molecular formula is C23H26N6O2. The molecule has 31 heavy (non-hydrogen) atoms. The minimum absolute atomic E-state index is 0.286. The van der Waals surface area contributed by atoms with Gasteiger partial charge in [-0.05, 0) is 50.2 Å². The maximum absolute atomic E-state index is 12.2. The number of amides is 2. The molecule has 1 aromatic heterocycles. The molecule has 0 radical (unpaired) electrons. The van der Waals surface area contributed by atoms with Crippen molar-refractivity contribution in [2.45, 2.75) is 13.8 Å². The minimum atomic E-state index is -0.286. The first-order chi connectivity index (χ1) is 15.0. The van der Waals surface area contributed by atoms with E-state index in [1.807, 2.05) is 68.4 Å². The molecule has 1 aliphatic rings. The quantitative estimate of drug-likeness (QED) is 0.572. The van der Waals surface area contributed by atoms with Gasteiger partial charge in [0.1, 0.15) is 5.82 Å². The number of benzene rings is 2. The van der Waals surface area contributed by atoms with Crippen molar-refractivity contribution in [2.75, 3.05) is 47.2 Å². The average molecular weight is 419 g/mol. The zero-order valence-corrected chi connectivity index (χ0v) is 17.7. The summed E-state index contributed by atoms with van der Waals surface area (Å²) >= 11 is 0. The van der Waals surface area contributed by atoms with Crippen LogP contribution in [0.2, 0.25) is 0 Å². The summed E-state index contributed by atoms with van der Waals surface area (Å²) < 4.78 is 5.41. The summed E-state index contributed by atoms with van der Waals surface area (Å²) in [6, 6.07) is 16.7. The Morgan fingerprint density at radius 2 is 1.45 bits per heavy atom. The molecule has 1 fully saturated rings. The third kappa shape index (κ3) is 5.70. The number of hydrogen-bond acceptors (Lipinski definition) is 6. The maximum Gasteiger partial charge on any atom is 0.323 e. The predicted molar refractivity (Wildman–Crippen MR) is 123 cm³/mol. The number of aryl methyl sites for hydroxylation is 2. The molecule has 160 valence electrons. The lowest BCUT2D eigenvalue weighted by molar-refractivity contribution is 0.122. The van der Waals surface area contributed by atoms with E-state index in [9.17, 15) is 4.79 Å². The number of rotatable bonds is 5. The Morgan fingerprint density at radius 1 is 0.871 bits per heavy atom. The van der Waals surface area contributed by atoms with Crippen LogP contribution in [0.3, 0.4) is 0 Å². The molecule has 2 heterocycles. The molecule has 8 heteroatoms. The molecule has 4 rings (SSSR count). The van der Waals surface area contributed by atoms with Crippen LogP contribution in [0.1, 0.15) is 11.3 Å². The van der Waals surface area contributed by atoms with Gasteiger partial charge in [0.05, 0.1) is 13.2 Å². The molecule has 3 N–H and O–H groups in total. The van der Waals surface area contributed by atoms with Crippen LogP contribution in [0.15, 0.2) is 54.6 Å². The Balaban J connectivity index is 1.37. The van der Waals surface area contributed by atoms with Crippen molar-refractivity contribution in [1.29, 1.82) is 0 Å². The number of nitrogens with one attached hydrogen (secondary N) is 3. The molecule has 1 saturated heterocycles. The molecule has 2 amide bonds. The van der Waals surface area contributed by atoms with Crippen molar-refractivity contribution in [1.82, 2.24) is 9.97 Å². The molecule has 0 bridgehead atoms. The zero-order valence-electron chi connectivity index (χ0n) is 17.7. The van der Waals surface area contributed by atoms with Crippen LogP contribution in [0, 0.1) is 13.8 Å². The lowest BCUT2D eigenvalue weighted by atomic mass is 10.2. The van der Waals surface area contributed by atoms with Crippen LogP contribution in [-0.2, 0) is 4.74 Å². The number of carbonyl (C=O) groups excluding carboxylic acids is 1. The van der Waals surface area contributed by atoms with Crippen LogP contribution in [0.5, 0.6) is 0 Å². The highest BCUT2D eigenvalue weighted by Crippen LogP contribution is 2.21. The van der Waals surface area contributed by atoms with E-state index in [4.69, 9.17) is 4.74 Å². The summed E-state index contributed by atoms with van der Waals surface area (Å²) in [5.41, 5.74) is 4.35. The lowest BCUT2D eigenvalue weighted by Gasteiger charge is -2.27. The fourth-order valence-corrected chi connectivity index (χ4v) is 3.24. The highest BCUT2D eigenvalue weighted by molar-refractivity contribution is 5.99. The van der Waals surface area contributed by atoms with Crippen LogP contribution < -0.4 is 20.9 Å². The first-order valence-electron chi connectivity index (χ1n) is 10.3. The molecule has 0 atom stereocenters. The number of anilines is 5. The first-order valence-corrected chi connectivity index (χ1v) is 10.3. The standard InChI is InChI=1S/C23H26N6O2/c1-16-3-5-19(6-4-16)26-23(30)27-20-9-7-18(8-10-20)25-21-15-17(2)24-22(28-21)29-11-13-31-14-12-29/h3-10,15H,11-14H2,1-2H3,(H,24,25,28)(H2,26,27,30). The minimum Gasteiger partial charge on any atom is -0.378 e. The first kappa shape index (κ1) is 20.6. The van der Waals surface area contributed by atoms with Gasteiger partial charge >= 0.3 is 6.03 Å². The third-order valence-corrected chi connectivity index (χ3v) is 4.86. The van der Waals surface area contributed by atoms with Gasteiger partial charge in [0, 0.05) is 41.9 Å². The molecular weight excluding hydrogens is 392 g/mol. The number of nitrogens with zero attached hydrogens (tertiary/aromatic N) is 3. The number of aromatic nitrogens is 2. The molecule has 2 aromatic carbocycles. The molecule has 8 nitrogen and oxygen atoms in total. The van der Waals surface area contributed by atoms with Crippen LogP contribution >= 0.6 is 0 Å². The maximum atomic E-state index is 12.2. The Bertz CT molecular complexity index is 1030. The second-order valence-electron chi connectivity index (χ2n) is 7.44. The van der Waals surface area contributed by atoms with Gasteiger partial charge in [-0.3, -0.25) is 0 Å². The summed E-state index contributed by atoms with van der Waals surface area (Å²) in [7, 11) is 0. The van der Waals surface area contributed by atoms with Crippen molar-refractivity contribution in [3.8, 4) is 0 Å². The van der Waals surface area contributed by atoms with E-state index in [0.29, 0.717) is 24.8 Å². The highest BCUT2D eigenvalue weighted by Gasteiger charge is 2.15. The molecule has 3 aromatic rings. The van der Waals surface area contributed by atoms with Gasteiger partial charge in [-0.2, -0.15) is 4.98 Å². The Kier molecular flexibility index (Phi) is 6.28. The van der Waals surface area contributed by atoms with Crippen molar-refractivity contribution < 1.29 is 9.53 Å². The molecule has 0 spiro atoms. The zero-order chi connectivity index (χ0) is 21.6. The van der Waals surface area contributed by atoms with Gasteiger partial charge in [0.25, 0.3) is 0 Å². The van der Waals surface area contributed by atoms with E-state index in [-0.39, 0.29) is 6.03 Å². The monoisotopic (exact) mass is 418 g/mol. The molecule has 0 aliphatic carbocycles. The Hall–Kier alpha value is -3.65. The van der Waals surface area contributed by atoms with Crippen molar-refractivity contribution in [3.63, 3.8) is 0 Å². The van der Waals surface area contributed by atoms with Gasteiger partial charge in [0.2, 0.25) is 5.95 Å². The van der Waals surface area contributed by atoms with Crippen molar-refractivity contribution in [3.05, 3.63) is 65.9 Å². The number of ether oxygens (including phenoxy) is 1. The second kappa shape index (κ2) is 9.44. The van der Waals surface area contributed by atoms with E-state index in [0.717, 1.165) is 41.5 Å². The van der Waals surface area contributed by atoms with Gasteiger partial charge in [-0.25, -0.2) is 9.78 Å². The molecule has 0 saturated carbocycles. The Morgan fingerprint density at radius 3 is 2.10 bits per heavy atom. The van der Waals surface area contributed by atoms with Gasteiger partial charge < -0.3 is 25.6 Å². The van der Waals surface area contributed by atoms with Gasteiger partial charge in [0.15, 0.2) is 0 Å². The second-order valence-corrected chi connectivity index (χ2v) is 7.44. The normalized spacial score (nSPS) is 13.5. The van der Waals surface area contributed by atoms with Crippen molar-refractivity contribution in [2.24, 2.45) is 0 Å². The van der Waals surface area contributed by atoms with Crippen LogP contribution in [0.25, 0.3) is 0 Å². The van der Waals surface area contributed by atoms with E-state index in [1.165, 1.54) is 0 Å². The van der Waals surface area contributed by atoms with E-state index in [1.54, 1.807) is 0 Å². The summed E-state index contributed by atoms with van der Waals surface area (Å²) in [5.74, 6) is 1.43. The molecule has 1 aliphatic heterocycles. The van der Waals surface area contributed by atoms with Crippen molar-refractivity contribution >= 4 is 34.9 Å². The van der Waals surface area contributed by atoms with Crippen LogP contribution in [-0.4, -0.2) is 42.3 Å². The summed E-state index contributed by atoms with van der Waals surface area (Å²) in [4.78, 5) is 23.5. The number of urea groups is 1. The van der Waals surface area contributed by atoms with Gasteiger partial charge in [-0.15, -0.1) is 0 Å². The smallest absolute Gasteiger partial charge is 0.323 e. The van der Waals surface area contributed by atoms with E-state index in [2.05, 4.69) is 30.8 Å². The summed E-state index contributed by atoms with van der Waals surface area (Å²) in [5, 5.41) is 8.97. The lowest BCUT2D eigenvalue weighted by Crippen LogP contribution is -2.37. The molecule has 0 unspecified atom stereocenters. The third-order valence-electron chi connectivity index (χ3n) is 4.86. The number of hydrogen-bond donors (Lipinski definition) is 3. The van der Waals surface area contributed by atoms with E-state index < -0.39 is 0 Å². The predicted octanol–water partition coefficient (Wildman–Crippen LogP) is 4.32. The summed E-state index contributed by atoms with van der Waals surface area (Å²) in [6.45, 7) is 6.90. The fourth-order valence-electron chi connectivity index (χ4n) is 3.24. The van der Waals surface area contributed by atoms with Crippen LogP contribution in [0.4, 0.5) is 33.6 Å². The number of morpholine rings is 1. The van der Waals surface area contributed by atoms with E-state index >= 15 is 0 Å². The van der Waals surface area contributed by atoms with Gasteiger partial charge in [-0.1, -0.05) is 17.7 Å².